The lowest BCUT2D eigenvalue weighted by Gasteiger charge is -2.34. The largest absolute Gasteiger partial charge is 0.454 e. The molecule has 0 bridgehead atoms. The van der Waals surface area contributed by atoms with Crippen molar-refractivity contribution in [2.45, 2.75) is 24.7 Å². The summed E-state index contributed by atoms with van der Waals surface area (Å²) in [5, 5.41) is 0. The number of carbonyl (C=O) groups is 1. The number of piperazine rings is 1. The van der Waals surface area contributed by atoms with E-state index in [1.165, 1.54) is 4.31 Å². The number of sulfonamides is 1. The number of nitrogens with zero attached hydrogens (tertiary/aromatic N) is 2. The van der Waals surface area contributed by atoms with E-state index in [0.717, 1.165) is 5.56 Å². The van der Waals surface area contributed by atoms with Gasteiger partial charge in [0.1, 0.15) is 0 Å². The molecular formula is C21H24N2O5S. The molecule has 29 heavy (non-hydrogen) atoms. The van der Waals surface area contributed by atoms with Crippen molar-refractivity contribution < 1.29 is 22.7 Å². The van der Waals surface area contributed by atoms with Gasteiger partial charge in [-0.15, -0.1) is 0 Å². The van der Waals surface area contributed by atoms with E-state index in [-0.39, 0.29) is 30.7 Å². The highest BCUT2D eigenvalue weighted by molar-refractivity contribution is 7.89. The van der Waals surface area contributed by atoms with Crippen molar-refractivity contribution in [1.29, 1.82) is 0 Å². The van der Waals surface area contributed by atoms with Crippen LogP contribution >= 0.6 is 0 Å². The second-order valence-electron chi connectivity index (χ2n) is 7.49. The summed E-state index contributed by atoms with van der Waals surface area (Å²) in [6.07, 6.45) is 0. The fraction of sp³-hybridized carbons (Fsp3) is 0.381. The van der Waals surface area contributed by atoms with Crippen LogP contribution in [0.15, 0.2) is 47.4 Å². The van der Waals surface area contributed by atoms with E-state index < -0.39 is 10.0 Å². The molecule has 4 rings (SSSR count). The highest BCUT2D eigenvalue weighted by Gasteiger charge is 2.31. The lowest BCUT2D eigenvalue weighted by Crippen LogP contribution is -2.50. The zero-order valence-corrected chi connectivity index (χ0v) is 17.3. The predicted molar refractivity (Wildman–Crippen MR) is 108 cm³/mol. The van der Waals surface area contributed by atoms with Crippen molar-refractivity contribution >= 4 is 15.9 Å². The minimum atomic E-state index is -3.57. The Morgan fingerprint density at radius 3 is 2.24 bits per heavy atom. The Bertz CT molecular complexity index is 1010. The number of hydrogen-bond donors (Lipinski definition) is 0. The molecule has 0 spiro atoms. The van der Waals surface area contributed by atoms with E-state index >= 15 is 0 Å². The number of hydrogen-bond acceptors (Lipinski definition) is 5. The summed E-state index contributed by atoms with van der Waals surface area (Å²) in [7, 11) is -3.57. The van der Waals surface area contributed by atoms with Gasteiger partial charge in [0.25, 0.3) is 5.91 Å². The van der Waals surface area contributed by atoms with Crippen LogP contribution < -0.4 is 9.47 Å². The zero-order valence-electron chi connectivity index (χ0n) is 16.5. The van der Waals surface area contributed by atoms with Gasteiger partial charge in [-0.25, -0.2) is 8.42 Å². The molecule has 1 saturated heterocycles. The summed E-state index contributed by atoms with van der Waals surface area (Å²) in [6.45, 7) is 5.52. The summed E-state index contributed by atoms with van der Waals surface area (Å²) in [4.78, 5) is 14.8. The monoisotopic (exact) mass is 416 g/mol. The number of fused-ring (bicyclic) bond motifs is 1. The van der Waals surface area contributed by atoms with E-state index in [1.807, 2.05) is 12.1 Å². The Kier molecular flexibility index (Phi) is 5.23. The van der Waals surface area contributed by atoms with E-state index in [9.17, 15) is 13.2 Å². The highest BCUT2D eigenvalue weighted by Crippen LogP contribution is 2.33. The minimum Gasteiger partial charge on any atom is -0.454 e. The average molecular weight is 416 g/mol. The first-order chi connectivity index (χ1) is 13.9. The summed E-state index contributed by atoms with van der Waals surface area (Å²) < 4.78 is 37.9. The third kappa shape index (κ3) is 3.82. The molecule has 8 heteroatoms. The molecule has 2 heterocycles. The Labute approximate surface area is 170 Å². The van der Waals surface area contributed by atoms with Gasteiger partial charge >= 0.3 is 0 Å². The molecule has 0 unspecified atom stereocenters. The number of carbonyl (C=O) groups excluding carboxylic acids is 1. The van der Waals surface area contributed by atoms with Crippen molar-refractivity contribution in [1.82, 2.24) is 9.21 Å². The fourth-order valence-electron chi connectivity index (χ4n) is 3.52. The molecule has 2 aromatic rings. The van der Waals surface area contributed by atoms with Crippen LogP contribution in [0.4, 0.5) is 0 Å². The molecule has 0 aromatic heterocycles. The SMILES string of the molecule is CC(C)c1ccc(S(=O)(=O)N2CCN(C(=O)c3ccc4c(c3)OCO4)CC2)cc1. The lowest BCUT2D eigenvalue weighted by atomic mass is 10.0. The van der Waals surface area contributed by atoms with Crippen LogP contribution in [0.1, 0.15) is 35.7 Å². The minimum absolute atomic E-state index is 0.137. The van der Waals surface area contributed by atoms with Crippen LogP contribution in [0.2, 0.25) is 0 Å². The molecule has 0 radical (unpaired) electrons. The molecule has 1 amide bonds. The van der Waals surface area contributed by atoms with E-state index in [1.54, 1.807) is 35.2 Å². The van der Waals surface area contributed by atoms with E-state index in [0.29, 0.717) is 36.1 Å². The molecule has 0 N–H and O–H groups in total. The normalized spacial score (nSPS) is 17.0. The summed E-state index contributed by atoms with van der Waals surface area (Å²) >= 11 is 0. The highest BCUT2D eigenvalue weighted by atomic mass is 32.2. The molecule has 154 valence electrons. The lowest BCUT2D eigenvalue weighted by molar-refractivity contribution is 0.0697. The zero-order chi connectivity index (χ0) is 20.6. The van der Waals surface area contributed by atoms with E-state index in [2.05, 4.69) is 13.8 Å². The molecule has 2 aliphatic heterocycles. The van der Waals surface area contributed by atoms with Crippen LogP contribution in [0, 0.1) is 0 Å². The van der Waals surface area contributed by atoms with Gasteiger partial charge in [0.2, 0.25) is 16.8 Å². The first-order valence-electron chi connectivity index (χ1n) is 9.65. The second kappa shape index (κ2) is 7.68. The second-order valence-corrected chi connectivity index (χ2v) is 9.43. The maximum atomic E-state index is 12.9. The molecule has 0 atom stereocenters. The van der Waals surface area contributed by atoms with Gasteiger partial charge < -0.3 is 14.4 Å². The number of benzene rings is 2. The first kappa shape index (κ1) is 19.7. The third-order valence-electron chi connectivity index (χ3n) is 5.33. The van der Waals surface area contributed by atoms with Crippen LogP contribution in [0.3, 0.4) is 0 Å². The Morgan fingerprint density at radius 1 is 0.931 bits per heavy atom. The van der Waals surface area contributed by atoms with Crippen LogP contribution in [0.25, 0.3) is 0 Å². The standard InChI is InChI=1S/C21H24N2O5S/c1-15(2)16-3-6-18(7-4-16)29(25,26)23-11-9-22(10-12-23)21(24)17-5-8-19-20(13-17)28-14-27-19/h3-8,13,15H,9-12,14H2,1-2H3. The Morgan fingerprint density at radius 2 is 1.59 bits per heavy atom. The van der Waals surface area contributed by atoms with Crippen LogP contribution in [-0.4, -0.2) is 56.5 Å². The quantitative estimate of drug-likeness (QED) is 0.766. The maximum absolute atomic E-state index is 12.9. The van der Waals surface area contributed by atoms with Crippen molar-refractivity contribution in [2.75, 3.05) is 33.0 Å². The number of amides is 1. The molecule has 0 saturated carbocycles. The van der Waals surface area contributed by atoms with Crippen molar-refractivity contribution in [3.63, 3.8) is 0 Å². The topological polar surface area (TPSA) is 76.2 Å². The molecule has 2 aliphatic rings. The Hall–Kier alpha value is -2.58. The summed E-state index contributed by atoms with van der Waals surface area (Å²) in [5.74, 6) is 1.39. The number of ether oxygens (including phenoxy) is 2. The molecule has 0 aliphatic carbocycles. The summed E-state index contributed by atoms with van der Waals surface area (Å²) in [5.41, 5.74) is 1.61. The Balaban J connectivity index is 1.42. The predicted octanol–water partition coefficient (Wildman–Crippen LogP) is 2.69. The van der Waals surface area contributed by atoms with Crippen LogP contribution in [-0.2, 0) is 10.0 Å². The average Bonchev–Trinajstić information content (AvgIpc) is 3.21. The van der Waals surface area contributed by atoms with E-state index in [4.69, 9.17) is 9.47 Å². The van der Waals surface area contributed by atoms with Gasteiger partial charge in [0, 0.05) is 31.7 Å². The van der Waals surface area contributed by atoms with Gasteiger partial charge in [-0.2, -0.15) is 4.31 Å². The van der Waals surface area contributed by atoms with Crippen molar-refractivity contribution in [3.05, 3.63) is 53.6 Å². The molecule has 2 aromatic carbocycles. The summed E-state index contributed by atoms with van der Waals surface area (Å²) in [6, 6.07) is 12.1. The van der Waals surface area contributed by atoms with Crippen LogP contribution in [0.5, 0.6) is 11.5 Å². The van der Waals surface area contributed by atoms with Gasteiger partial charge in [-0.1, -0.05) is 26.0 Å². The van der Waals surface area contributed by atoms with Gasteiger partial charge in [0.05, 0.1) is 4.90 Å². The third-order valence-corrected chi connectivity index (χ3v) is 7.24. The molecular weight excluding hydrogens is 392 g/mol. The van der Waals surface area contributed by atoms with Gasteiger partial charge in [0.15, 0.2) is 11.5 Å². The van der Waals surface area contributed by atoms with Crippen molar-refractivity contribution in [2.24, 2.45) is 0 Å². The first-order valence-corrected chi connectivity index (χ1v) is 11.1. The molecule has 1 fully saturated rings. The number of rotatable bonds is 4. The fourth-order valence-corrected chi connectivity index (χ4v) is 4.94. The van der Waals surface area contributed by atoms with Crippen molar-refractivity contribution in [3.8, 4) is 11.5 Å². The maximum Gasteiger partial charge on any atom is 0.254 e. The van der Waals surface area contributed by atoms with Gasteiger partial charge in [-0.3, -0.25) is 4.79 Å². The van der Waals surface area contributed by atoms with Gasteiger partial charge in [-0.05, 0) is 41.8 Å². The smallest absolute Gasteiger partial charge is 0.254 e. The molecule has 7 nitrogen and oxygen atoms in total.